The molecule has 1 atom stereocenters. The summed E-state index contributed by atoms with van der Waals surface area (Å²) in [6.45, 7) is 1.67. The summed E-state index contributed by atoms with van der Waals surface area (Å²) in [6, 6.07) is 9.04. The largest absolute Gasteiger partial charge is 0.399 e. The fraction of sp³-hybridized carbons (Fsp3) is 0.294. The summed E-state index contributed by atoms with van der Waals surface area (Å²) in [7, 11) is -3.78. The van der Waals surface area contributed by atoms with Gasteiger partial charge in [-0.25, -0.2) is 17.5 Å². The zero-order valence-electron chi connectivity index (χ0n) is 12.8. The molecule has 2 aromatic carbocycles. The fourth-order valence-electron chi connectivity index (χ4n) is 3.07. The lowest BCUT2D eigenvalue weighted by atomic mass is 9.88. The van der Waals surface area contributed by atoms with Crippen LogP contribution in [0.25, 0.3) is 0 Å². The van der Waals surface area contributed by atoms with Crippen molar-refractivity contribution in [2.75, 3.05) is 5.73 Å². The quantitative estimate of drug-likeness (QED) is 0.847. The summed E-state index contributed by atoms with van der Waals surface area (Å²) in [5.41, 5.74) is 9.06. The number of hydrogen-bond acceptors (Lipinski definition) is 3. The molecule has 23 heavy (non-hydrogen) atoms. The maximum Gasteiger partial charge on any atom is 0.241 e. The van der Waals surface area contributed by atoms with Gasteiger partial charge in [-0.05, 0) is 73.2 Å². The van der Waals surface area contributed by atoms with E-state index in [1.165, 1.54) is 12.1 Å². The SMILES string of the molecule is Cc1cc(F)cc(S(=O)(=O)NC2CCCc3cc(N)ccc32)c1. The molecule has 0 saturated heterocycles. The van der Waals surface area contributed by atoms with Gasteiger partial charge in [0.15, 0.2) is 0 Å². The number of benzene rings is 2. The molecule has 1 unspecified atom stereocenters. The number of nitrogen functional groups attached to an aromatic ring is 1. The predicted octanol–water partition coefficient (Wildman–Crippen LogP) is 3.07. The third-order valence-corrected chi connectivity index (χ3v) is 5.56. The Balaban J connectivity index is 1.93. The molecule has 0 amide bonds. The van der Waals surface area contributed by atoms with Crippen molar-refractivity contribution >= 4 is 15.7 Å². The highest BCUT2D eigenvalue weighted by molar-refractivity contribution is 7.89. The number of anilines is 1. The molecule has 6 heteroatoms. The van der Waals surface area contributed by atoms with Crippen LogP contribution < -0.4 is 10.5 Å². The van der Waals surface area contributed by atoms with Gasteiger partial charge in [-0.3, -0.25) is 0 Å². The van der Waals surface area contributed by atoms with E-state index in [0.29, 0.717) is 17.7 Å². The number of rotatable bonds is 3. The van der Waals surface area contributed by atoms with Crippen LogP contribution in [0.3, 0.4) is 0 Å². The third-order valence-electron chi connectivity index (χ3n) is 4.10. The van der Waals surface area contributed by atoms with Gasteiger partial charge in [0.05, 0.1) is 4.90 Å². The summed E-state index contributed by atoms with van der Waals surface area (Å²) in [4.78, 5) is -0.0439. The van der Waals surface area contributed by atoms with E-state index in [0.717, 1.165) is 30.0 Å². The van der Waals surface area contributed by atoms with E-state index >= 15 is 0 Å². The Kier molecular flexibility index (Phi) is 4.12. The Bertz CT molecular complexity index is 829. The first-order valence-corrected chi connectivity index (χ1v) is 9.01. The van der Waals surface area contributed by atoms with E-state index < -0.39 is 15.8 Å². The fourth-order valence-corrected chi connectivity index (χ4v) is 4.43. The summed E-state index contributed by atoms with van der Waals surface area (Å²) in [5, 5.41) is 0. The van der Waals surface area contributed by atoms with Gasteiger partial charge in [-0.2, -0.15) is 0 Å². The second kappa shape index (κ2) is 5.94. The average Bonchev–Trinajstić information content (AvgIpc) is 2.45. The molecule has 0 spiro atoms. The summed E-state index contributed by atoms with van der Waals surface area (Å²) in [5.74, 6) is -0.554. The molecule has 1 aliphatic rings. The Morgan fingerprint density at radius 2 is 2.00 bits per heavy atom. The Labute approximate surface area is 135 Å². The van der Waals surface area contributed by atoms with Crippen molar-refractivity contribution in [1.82, 2.24) is 4.72 Å². The molecule has 0 aromatic heterocycles. The highest BCUT2D eigenvalue weighted by Crippen LogP contribution is 2.32. The molecule has 3 N–H and O–H groups in total. The molecule has 3 rings (SSSR count). The average molecular weight is 334 g/mol. The maximum absolute atomic E-state index is 13.5. The van der Waals surface area contributed by atoms with Crippen molar-refractivity contribution in [1.29, 1.82) is 0 Å². The van der Waals surface area contributed by atoms with Crippen LogP contribution in [0.4, 0.5) is 10.1 Å². The summed E-state index contributed by atoms with van der Waals surface area (Å²) >= 11 is 0. The molecular formula is C17H19FN2O2S. The van der Waals surface area contributed by atoms with Crippen molar-refractivity contribution < 1.29 is 12.8 Å². The van der Waals surface area contributed by atoms with E-state index in [2.05, 4.69) is 4.72 Å². The number of hydrogen-bond donors (Lipinski definition) is 2. The molecule has 0 radical (unpaired) electrons. The van der Waals surface area contributed by atoms with E-state index in [-0.39, 0.29) is 10.9 Å². The van der Waals surface area contributed by atoms with Crippen LogP contribution in [0, 0.1) is 12.7 Å². The molecule has 0 bridgehead atoms. The van der Waals surface area contributed by atoms with Crippen LogP contribution in [0.15, 0.2) is 41.3 Å². The highest BCUT2D eigenvalue weighted by Gasteiger charge is 2.26. The molecule has 0 heterocycles. The van der Waals surface area contributed by atoms with Crippen molar-refractivity contribution in [3.8, 4) is 0 Å². The first-order valence-electron chi connectivity index (χ1n) is 7.53. The molecule has 0 saturated carbocycles. The number of aryl methyl sites for hydroxylation is 2. The van der Waals surface area contributed by atoms with Crippen molar-refractivity contribution in [2.45, 2.75) is 37.1 Å². The van der Waals surface area contributed by atoms with Gasteiger partial charge in [0.2, 0.25) is 10.0 Å². The minimum absolute atomic E-state index is 0.0439. The topological polar surface area (TPSA) is 72.2 Å². The third kappa shape index (κ3) is 3.38. The smallest absolute Gasteiger partial charge is 0.241 e. The van der Waals surface area contributed by atoms with Gasteiger partial charge in [-0.1, -0.05) is 6.07 Å². The van der Waals surface area contributed by atoms with Gasteiger partial charge in [-0.15, -0.1) is 0 Å². The van der Waals surface area contributed by atoms with Crippen LogP contribution in [0.1, 0.15) is 35.6 Å². The van der Waals surface area contributed by atoms with Crippen LogP contribution in [-0.4, -0.2) is 8.42 Å². The first-order chi connectivity index (χ1) is 10.8. The van der Waals surface area contributed by atoms with Crippen molar-refractivity contribution in [3.63, 3.8) is 0 Å². The van der Waals surface area contributed by atoms with E-state index in [9.17, 15) is 12.8 Å². The zero-order chi connectivity index (χ0) is 16.6. The lowest BCUT2D eigenvalue weighted by Gasteiger charge is -2.26. The number of fused-ring (bicyclic) bond motifs is 1. The van der Waals surface area contributed by atoms with Gasteiger partial charge in [0.1, 0.15) is 5.82 Å². The zero-order valence-corrected chi connectivity index (χ0v) is 13.7. The van der Waals surface area contributed by atoms with Crippen molar-refractivity contribution in [3.05, 3.63) is 58.9 Å². The van der Waals surface area contributed by atoms with E-state index in [1.807, 2.05) is 12.1 Å². The summed E-state index contributed by atoms with van der Waals surface area (Å²) in [6.07, 6.45) is 2.48. The molecule has 0 aliphatic heterocycles. The second-order valence-electron chi connectivity index (χ2n) is 5.99. The minimum atomic E-state index is -3.78. The minimum Gasteiger partial charge on any atom is -0.399 e. The maximum atomic E-state index is 13.5. The van der Waals surface area contributed by atoms with Gasteiger partial charge in [0, 0.05) is 11.7 Å². The Morgan fingerprint density at radius 3 is 2.74 bits per heavy atom. The lowest BCUT2D eigenvalue weighted by Crippen LogP contribution is -2.31. The predicted molar refractivity (Wildman–Crippen MR) is 88.0 cm³/mol. The van der Waals surface area contributed by atoms with Crippen LogP contribution in [-0.2, 0) is 16.4 Å². The van der Waals surface area contributed by atoms with Gasteiger partial charge < -0.3 is 5.73 Å². The molecule has 4 nitrogen and oxygen atoms in total. The number of nitrogens with one attached hydrogen (secondary N) is 1. The van der Waals surface area contributed by atoms with E-state index in [1.54, 1.807) is 13.0 Å². The van der Waals surface area contributed by atoms with Crippen LogP contribution >= 0.6 is 0 Å². The van der Waals surface area contributed by atoms with Crippen LogP contribution in [0.5, 0.6) is 0 Å². The van der Waals surface area contributed by atoms with Crippen LogP contribution in [0.2, 0.25) is 0 Å². The molecule has 1 aliphatic carbocycles. The monoisotopic (exact) mass is 334 g/mol. The Morgan fingerprint density at radius 1 is 1.22 bits per heavy atom. The number of sulfonamides is 1. The number of nitrogens with two attached hydrogens (primary N) is 1. The standard InChI is InChI=1S/C17H19FN2O2S/c1-11-7-13(18)10-15(8-11)23(21,22)20-17-4-2-3-12-9-14(19)5-6-16(12)17/h5-10,17,20H,2-4,19H2,1H3. The molecule has 0 fully saturated rings. The lowest BCUT2D eigenvalue weighted by molar-refractivity contribution is 0.506. The normalized spacial score (nSPS) is 17.7. The van der Waals surface area contributed by atoms with E-state index in [4.69, 9.17) is 5.73 Å². The molecule has 122 valence electrons. The van der Waals surface area contributed by atoms with Crippen molar-refractivity contribution in [2.24, 2.45) is 0 Å². The number of halogens is 1. The van der Waals surface area contributed by atoms with Gasteiger partial charge in [0.25, 0.3) is 0 Å². The highest BCUT2D eigenvalue weighted by atomic mass is 32.2. The molecule has 2 aromatic rings. The summed E-state index contributed by atoms with van der Waals surface area (Å²) < 4.78 is 41.4. The first kappa shape index (κ1) is 16.0. The Hall–Kier alpha value is -1.92. The van der Waals surface area contributed by atoms with Gasteiger partial charge >= 0.3 is 0 Å². The second-order valence-corrected chi connectivity index (χ2v) is 7.70. The molecular weight excluding hydrogens is 315 g/mol.